The van der Waals surface area contributed by atoms with Crippen LogP contribution in [0.1, 0.15) is 54.2 Å². The maximum Gasteiger partial charge on any atom is 0.257 e. The molecule has 156 valence electrons. The van der Waals surface area contributed by atoms with Crippen molar-refractivity contribution >= 4 is 5.91 Å². The maximum atomic E-state index is 13.9. The minimum Gasteiger partial charge on any atom is -0.372 e. The summed E-state index contributed by atoms with van der Waals surface area (Å²) in [4.78, 5) is 17.3. The quantitative estimate of drug-likeness (QED) is 0.856. The zero-order valence-corrected chi connectivity index (χ0v) is 17.1. The van der Waals surface area contributed by atoms with E-state index in [9.17, 15) is 9.18 Å². The van der Waals surface area contributed by atoms with Crippen LogP contribution in [0.5, 0.6) is 0 Å². The first-order valence-corrected chi connectivity index (χ1v) is 10.4. The van der Waals surface area contributed by atoms with E-state index in [2.05, 4.69) is 15.1 Å². The van der Waals surface area contributed by atoms with Gasteiger partial charge in [0, 0.05) is 31.1 Å². The molecule has 0 saturated carbocycles. The molecule has 6 nitrogen and oxygen atoms in total. The molecule has 2 fully saturated rings. The smallest absolute Gasteiger partial charge is 0.257 e. The van der Waals surface area contributed by atoms with Crippen LogP contribution < -0.4 is 0 Å². The first-order valence-electron chi connectivity index (χ1n) is 10.4. The predicted molar refractivity (Wildman–Crippen MR) is 108 cm³/mol. The maximum absolute atomic E-state index is 13.9. The van der Waals surface area contributed by atoms with Gasteiger partial charge in [-0.3, -0.25) is 14.8 Å². The molecule has 1 N–H and O–H groups in total. The van der Waals surface area contributed by atoms with Crippen LogP contribution in [-0.2, 0) is 11.3 Å². The van der Waals surface area contributed by atoms with Gasteiger partial charge in [0.2, 0.25) is 0 Å². The Morgan fingerprint density at radius 1 is 1.21 bits per heavy atom. The van der Waals surface area contributed by atoms with E-state index in [-0.39, 0.29) is 29.9 Å². The molecule has 3 heterocycles. The minimum absolute atomic E-state index is 0.0320. The van der Waals surface area contributed by atoms with Crippen LogP contribution in [0.2, 0.25) is 0 Å². The van der Waals surface area contributed by atoms with Gasteiger partial charge in [0.15, 0.2) is 0 Å². The Balaban J connectivity index is 1.39. The number of nitrogens with one attached hydrogen (secondary N) is 1. The first kappa shape index (κ1) is 20.0. The van der Waals surface area contributed by atoms with Gasteiger partial charge in [-0.1, -0.05) is 18.2 Å². The second-order valence-electron chi connectivity index (χ2n) is 8.31. The van der Waals surface area contributed by atoms with Gasteiger partial charge >= 0.3 is 0 Å². The Kier molecular flexibility index (Phi) is 5.96. The number of aromatic amines is 1. The lowest BCUT2D eigenvalue weighted by atomic mass is 9.90. The van der Waals surface area contributed by atoms with Gasteiger partial charge in [-0.25, -0.2) is 4.39 Å². The van der Waals surface area contributed by atoms with E-state index in [4.69, 9.17) is 4.74 Å². The van der Waals surface area contributed by atoms with E-state index in [0.717, 1.165) is 37.2 Å². The molecule has 4 rings (SSSR count). The molecule has 1 aromatic heterocycles. The highest BCUT2D eigenvalue weighted by atomic mass is 19.1. The number of likely N-dealkylation sites (tertiary alicyclic amines) is 1. The summed E-state index contributed by atoms with van der Waals surface area (Å²) in [5.41, 5.74) is 2.35. The second kappa shape index (κ2) is 8.63. The summed E-state index contributed by atoms with van der Waals surface area (Å²) in [6, 6.07) is 6.95. The number of nitrogens with zero attached hydrogens (tertiary/aromatic N) is 3. The topological polar surface area (TPSA) is 61.5 Å². The number of carbonyl (C=O) groups excluding carboxylic acids is 1. The number of H-pyrrole nitrogens is 1. The van der Waals surface area contributed by atoms with E-state index in [1.807, 2.05) is 30.9 Å². The molecule has 0 bridgehead atoms. The summed E-state index contributed by atoms with van der Waals surface area (Å²) in [6.07, 6.45) is 3.59. The van der Waals surface area contributed by atoms with Crippen LogP contribution in [0.4, 0.5) is 4.39 Å². The fraction of sp³-hybridized carbons (Fsp3) is 0.545. The SMILES string of the molecule is C[C@H]1CN(C(=O)c2cn[nH]c2C2CCN(Cc3ccccc3F)CC2)C[C@H](C)O1. The van der Waals surface area contributed by atoms with Crippen molar-refractivity contribution < 1.29 is 13.9 Å². The van der Waals surface area contributed by atoms with E-state index < -0.39 is 0 Å². The Labute approximate surface area is 171 Å². The predicted octanol–water partition coefficient (Wildman–Crippen LogP) is 3.18. The molecule has 2 aliphatic heterocycles. The zero-order valence-electron chi connectivity index (χ0n) is 17.1. The molecule has 2 saturated heterocycles. The molecule has 1 aromatic carbocycles. The van der Waals surface area contributed by atoms with Crippen molar-refractivity contribution in [1.29, 1.82) is 0 Å². The molecule has 7 heteroatoms. The number of carbonyl (C=O) groups is 1. The van der Waals surface area contributed by atoms with E-state index >= 15 is 0 Å². The van der Waals surface area contributed by atoms with Gasteiger partial charge in [-0.2, -0.15) is 5.10 Å². The summed E-state index contributed by atoms with van der Waals surface area (Å²) in [7, 11) is 0. The lowest BCUT2D eigenvalue weighted by Crippen LogP contribution is -2.48. The number of morpholine rings is 1. The van der Waals surface area contributed by atoms with Crippen LogP contribution >= 0.6 is 0 Å². The number of hydrogen-bond acceptors (Lipinski definition) is 4. The molecule has 1 amide bonds. The Hall–Kier alpha value is -2.25. The molecule has 2 atom stereocenters. The van der Waals surface area contributed by atoms with Gasteiger partial charge in [0.1, 0.15) is 5.82 Å². The van der Waals surface area contributed by atoms with Crippen molar-refractivity contribution in [3.8, 4) is 0 Å². The average molecular weight is 400 g/mol. The molecule has 0 aliphatic carbocycles. The second-order valence-corrected chi connectivity index (χ2v) is 8.31. The van der Waals surface area contributed by atoms with Gasteiger partial charge < -0.3 is 9.64 Å². The first-order chi connectivity index (χ1) is 14.0. The monoisotopic (exact) mass is 400 g/mol. The summed E-state index contributed by atoms with van der Waals surface area (Å²) in [6.45, 7) is 7.57. The molecular formula is C22H29FN4O2. The molecule has 2 aliphatic rings. The lowest BCUT2D eigenvalue weighted by Gasteiger charge is -2.36. The molecule has 29 heavy (non-hydrogen) atoms. The van der Waals surface area contributed by atoms with Crippen LogP contribution in [-0.4, -0.2) is 64.3 Å². The number of amides is 1. The van der Waals surface area contributed by atoms with E-state index in [1.54, 1.807) is 12.3 Å². The van der Waals surface area contributed by atoms with Crippen molar-refractivity contribution in [2.75, 3.05) is 26.2 Å². The van der Waals surface area contributed by atoms with Crippen LogP contribution in [0.25, 0.3) is 0 Å². The fourth-order valence-corrected chi connectivity index (χ4v) is 4.54. The number of benzene rings is 1. The number of piperidine rings is 1. The summed E-state index contributed by atoms with van der Waals surface area (Å²) < 4.78 is 19.7. The van der Waals surface area contributed by atoms with Gasteiger partial charge in [0.05, 0.1) is 29.7 Å². The minimum atomic E-state index is -0.148. The molecule has 2 aromatic rings. The van der Waals surface area contributed by atoms with E-state index in [1.165, 1.54) is 6.07 Å². The highest BCUT2D eigenvalue weighted by molar-refractivity contribution is 5.95. The Bertz CT molecular complexity index is 837. The zero-order chi connectivity index (χ0) is 20.4. The van der Waals surface area contributed by atoms with Crippen molar-refractivity contribution in [2.24, 2.45) is 0 Å². The highest BCUT2D eigenvalue weighted by Gasteiger charge is 2.31. The summed E-state index contributed by atoms with van der Waals surface area (Å²) in [5.74, 6) is 0.152. The molecule has 0 radical (unpaired) electrons. The van der Waals surface area contributed by atoms with E-state index in [0.29, 0.717) is 25.2 Å². The number of halogens is 1. The average Bonchev–Trinajstić information content (AvgIpc) is 3.19. The third-order valence-corrected chi connectivity index (χ3v) is 5.95. The number of rotatable bonds is 4. The van der Waals surface area contributed by atoms with Crippen LogP contribution in [0, 0.1) is 5.82 Å². The normalized spacial score (nSPS) is 24.0. The summed E-state index contributed by atoms with van der Waals surface area (Å²) >= 11 is 0. The van der Waals surface area contributed by atoms with Crippen molar-refractivity contribution in [3.63, 3.8) is 0 Å². The van der Waals surface area contributed by atoms with Crippen LogP contribution in [0.15, 0.2) is 30.5 Å². The summed E-state index contributed by atoms with van der Waals surface area (Å²) in [5, 5.41) is 7.27. The lowest BCUT2D eigenvalue weighted by molar-refractivity contribution is -0.0586. The third-order valence-electron chi connectivity index (χ3n) is 5.95. The number of aromatic nitrogens is 2. The van der Waals surface area contributed by atoms with Crippen molar-refractivity contribution in [2.45, 2.75) is 51.4 Å². The van der Waals surface area contributed by atoms with Gasteiger partial charge in [-0.05, 0) is 45.8 Å². The number of ether oxygens (including phenoxy) is 1. The largest absolute Gasteiger partial charge is 0.372 e. The van der Waals surface area contributed by atoms with Crippen molar-refractivity contribution in [1.82, 2.24) is 20.0 Å². The van der Waals surface area contributed by atoms with Gasteiger partial charge in [-0.15, -0.1) is 0 Å². The fourth-order valence-electron chi connectivity index (χ4n) is 4.54. The number of hydrogen-bond donors (Lipinski definition) is 1. The standard InChI is InChI=1S/C22H29FN4O2/c1-15-12-27(13-16(2)29-15)22(28)19-11-24-25-21(19)17-7-9-26(10-8-17)14-18-5-3-4-6-20(18)23/h3-6,11,15-17H,7-10,12-14H2,1-2H3,(H,24,25)/t15-,16-/m0/s1. The Morgan fingerprint density at radius 2 is 1.90 bits per heavy atom. The molecular weight excluding hydrogens is 371 g/mol. The third kappa shape index (κ3) is 4.51. The van der Waals surface area contributed by atoms with Crippen LogP contribution in [0.3, 0.4) is 0 Å². The van der Waals surface area contributed by atoms with Crippen molar-refractivity contribution in [3.05, 3.63) is 53.1 Å². The highest BCUT2D eigenvalue weighted by Crippen LogP contribution is 2.30. The molecule has 0 unspecified atom stereocenters. The molecule has 0 spiro atoms. The Morgan fingerprint density at radius 3 is 2.59 bits per heavy atom. The van der Waals surface area contributed by atoms with Gasteiger partial charge in [0.25, 0.3) is 5.91 Å².